The highest BCUT2D eigenvalue weighted by Gasteiger charge is 2.44. The molecule has 164 valence electrons. The highest BCUT2D eigenvalue weighted by Crippen LogP contribution is 2.47. The lowest BCUT2D eigenvalue weighted by atomic mass is 9.76. The van der Waals surface area contributed by atoms with Gasteiger partial charge < -0.3 is 20.1 Å². The summed E-state index contributed by atoms with van der Waals surface area (Å²) in [6, 6.07) is 10.2. The van der Waals surface area contributed by atoms with Crippen LogP contribution in [0.3, 0.4) is 0 Å². The summed E-state index contributed by atoms with van der Waals surface area (Å²) in [4.78, 5) is 23.8. The summed E-state index contributed by atoms with van der Waals surface area (Å²) in [5.41, 5.74) is 3.40. The molecule has 1 unspecified atom stereocenters. The number of amides is 1. The molecule has 0 bridgehead atoms. The second kappa shape index (κ2) is 8.55. The summed E-state index contributed by atoms with van der Waals surface area (Å²) in [7, 11) is 0. The summed E-state index contributed by atoms with van der Waals surface area (Å²) in [6.45, 7) is 3.45. The second-order valence-corrected chi connectivity index (χ2v) is 9.02. The van der Waals surface area contributed by atoms with E-state index in [4.69, 9.17) is 14.7 Å². The van der Waals surface area contributed by atoms with Crippen LogP contribution in [0.15, 0.2) is 30.3 Å². The summed E-state index contributed by atoms with van der Waals surface area (Å²) in [5, 5.41) is 12.8. The van der Waals surface area contributed by atoms with Gasteiger partial charge in [0.25, 0.3) is 0 Å². The van der Waals surface area contributed by atoms with Crippen molar-refractivity contribution in [1.29, 1.82) is 0 Å². The van der Waals surface area contributed by atoms with Crippen LogP contribution in [0.4, 0.5) is 5.82 Å². The Kier molecular flexibility index (Phi) is 5.63. The van der Waals surface area contributed by atoms with Gasteiger partial charge in [-0.2, -0.15) is 0 Å². The Morgan fingerprint density at radius 3 is 2.71 bits per heavy atom. The number of rotatable bonds is 5. The van der Waals surface area contributed by atoms with Crippen LogP contribution in [0.25, 0.3) is 11.4 Å². The molecule has 7 nitrogen and oxygen atoms in total. The zero-order chi connectivity index (χ0) is 21.3. The number of carbonyl (C=O) groups is 1. The number of anilines is 1. The molecule has 31 heavy (non-hydrogen) atoms. The van der Waals surface area contributed by atoms with Crippen LogP contribution in [0.2, 0.25) is 0 Å². The van der Waals surface area contributed by atoms with Gasteiger partial charge in [-0.3, -0.25) is 4.79 Å². The van der Waals surface area contributed by atoms with Crippen LogP contribution < -0.4 is 5.32 Å². The van der Waals surface area contributed by atoms with Crippen molar-refractivity contribution in [1.82, 2.24) is 14.9 Å². The Hall–Kier alpha value is -2.51. The number of carbonyl (C=O) groups excluding carboxylic acids is 1. The van der Waals surface area contributed by atoms with Gasteiger partial charge in [0.2, 0.25) is 5.91 Å². The number of benzene rings is 1. The molecule has 1 atom stereocenters. The summed E-state index contributed by atoms with van der Waals surface area (Å²) in [5.74, 6) is 2.07. The molecule has 0 saturated carbocycles. The molecular formula is C24H30N4O3. The van der Waals surface area contributed by atoms with Crippen molar-refractivity contribution in [3.8, 4) is 11.4 Å². The molecule has 1 aromatic heterocycles. The molecule has 2 aliphatic heterocycles. The zero-order valence-electron chi connectivity index (χ0n) is 17.8. The predicted molar refractivity (Wildman–Crippen MR) is 118 cm³/mol. The maximum absolute atomic E-state index is 12.0. The maximum atomic E-state index is 12.0. The lowest BCUT2D eigenvalue weighted by Crippen LogP contribution is -2.45. The number of aliphatic hydroxyl groups is 1. The van der Waals surface area contributed by atoms with Crippen molar-refractivity contribution < 1.29 is 14.6 Å². The molecule has 7 heteroatoms. The van der Waals surface area contributed by atoms with Crippen LogP contribution >= 0.6 is 0 Å². The first-order chi connectivity index (χ1) is 15.2. The van der Waals surface area contributed by atoms with Crippen LogP contribution in [-0.4, -0.2) is 65.3 Å². The molecule has 2 N–H and O–H groups in total. The van der Waals surface area contributed by atoms with E-state index in [9.17, 15) is 9.90 Å². The van der Waals surface area contributed by atoms with Gasteiger partial charge in [-0.1, -0.05) is 30.3 Å². The van der Waals surface area contributed by atoms with Crippen molar-refractivity contribution in [2.75, 3.05) is 44.8 Å². The van der Waals surface area contributed by atoms with Crippen molar-refractivity contribution in [2.45, 2.75) is 37.5 Å². The van der Waals surface area contributed by atoms with Gasteiger partial charge >= 0.3 is 0 Å². The predicted octanol–water partition coefficient (Wildman–Crippen LogP) is 2.39. The normalized spacial score (nSPS) is 22.0. The van der Waals surface area contributed by atoms with E-state index in [1.54, 1.807) is 4.90 Å². The topological polar surface area (TPSA) is 87.6 Å². The van der Waals surface area contributed by atoms with Gasteiger partial charge in [0.15, 0.2) is 5.82 Å². The lowest BCUT2D eigenvalue weighted by Gasteiger charge is -2.39. The average molecular weight is 423 g/mol. The summed E-state index contributed by atoms with van der Waals surface area (Å²) < 4.78 is 5.54. The molecule has 1 spiro atoms. The molecule has 5 rings (SSSR count). The van der Waals surface area contributed by atoms with Gasteiger partial charge in [-0.05, 0) is 32.1 Å². The largest absolute Gasteiger partial charge is 0.387 e. The molecule has 2 aromatic rings. The highest BCUT2D eigenvalue weighted by atomic mass is 16.5. The van der Waals surface area contributed by atoms with Crippen molar-refractivity contribution >= 4 is 11.7 Å². The number of piperidine rings is 1. The molecule has 0 radical (unpaired) electrons. The minimum absolute atomic E-state index is 0.0130. The van der Waals surface area contributed by atoms with Gasteiger partial charge in [-0.15, -0.1) is 0 Å². The van der Waals surface area contributed by atoms with Crippen LogP contribution in [0.5, 0.6) is 0 Å². The van der Waals surface area contributed by atoms with Gasteiger partial charge in [0.1, 0.15) is 12.4 Å². The van der Waals surface area contributed by atoms with Crippen LogP contribution in [-0.2, 0) is 21.4 Å². The van der Waals surface area contributed by atoms with Crippen molar-refractivity contribution in [3.05, 3.63) is 41.6 Å². The Morgan fingerprint density at radius 2 is 2.00 bits per heavy atom. The van der Waals surface area contributed by atoms with E-state index in [0.29, 0.717) is 19.0 Å². The minimum Gasteiger partial charge on any atom is -0.387 e. The van der Waals surface area contributed by atoms with Gasteiger partial charge in [0, 0.05) is 48.7 Å². The Balaban J connectivity index is 1.47. The molecule has 1 aromatic carbocycles. The van der Waals surface area contributed by atoms with E-state index >= 15 is 0 Å². The van der Waals surface area contributed by atoms with E-state index in [0.717, 1.165) is 74.8 Å². The number of aliphatic hydroxyl groups excluding tert-OH is 1. The number of aromatic nitrogens is 2. The average Bonchev–Trinajstić information content (AvgIpc) is 3.47. The van der Waals surface area contributed by atoms with Crippen LogP contribution in [0, 0.1) is 5.92 Å². The van der Waals surface area contributed by atoms with E-state index < -0.39 is 6.61 Å². The molecular weight excluding hydrogens is 392 g/mol. The van der Waals surface area contributed by atoms with Gasteiger partial charge in [-0.25, -0.2) is 9.97 Å². The fraction of sp³-hybridized carbons (Fsp3) is 0.542. The Labute approximate surface area is 182 Å². The number of fused-ring (bicyclic) bond motifs is 2. The van der Waals surface area contributed by atoms with E-state index in [2.05, 4.69) is 17.4 Å². The Morgan fingerprint density at radius 1 is 1.19 bits per heavy atom. The first-order valence-corrected chi connectivity index (χ1v) is 11.4. The lowest BCUT2D eigenvalue weighted by molar-refractivity contribution is -0.135. The zero-order valence-corrected chi connectivity index (χ0v) is 17.8. The van der Waals surface area contributed by atoms with Crippen LogP contribution in [0.1, 0.15) is 36.9 Å². The quantitative estimate of drug-likeness (QED) is 0.769. The van der Waals surface area contributed by atoms with Crippen molar-refractivity contribution in [3.63, 3.8) is 0 Å². The summed E-state index contributed by atoms with van der Waals surface area (Å²) >= 11 is 0. The Bertz CT molecular complexity index is 935. The number of nitrogens with zero attached hydrogens (tertiary/aromatic N) is 3. The fourth-order valence-corrected chi connectivity index (χ4v) is 5.26. The number of hydrogen-bond donors (Lipinski definition) is 2. The van der Waals surface area contributed by atoms with E-state index in [1.807, 2.05) is 18.2 Å². The fourth-order valence-electron chi connectivity index (χ4n) is 5.26. The minimum atomic E-state index is -0.414. The standard InChI is InChI=1S/C24H30N4O3/c29-15-20(30)28-11-9-24(10-12-28)8-6-19-21(24)26-22(18-4-2-1-3-5-18)27-23(19)25-14-17-7-13-31-16-17/h1-5,17,29H,6-16H2,(H,25,26,27). The molecule has 1 amide bonds. The van der Waals surface area contributed by atoms with Gasteiger partial charge in [0.05, 0.1) is 12.3 Å². The molecule has 3 heterocycles. The smallest absolute Gasteiger partial charge is 0.248 e. The third kappa shape index (κ3) is 3.92. The third-order valence-corrected chi connectivity index (χ3v) is 7.19. The first-order valence-electron chi connectivity index (χ1n) is 11.4. The SMILES string of the molecule is O=C(CO)N1CCC2(CCc3c(NCC4CCOC4)nc(-c4ccccc4)nc32)CC1. The van der Waals surface area contributed by atoms with E-state index in [1.165, 1.54) is 5.56 Å². The van der Waals surface area contributed by atoms with E-state index in [-0.39, 0.29) is 11.3 Å². The second-order valence-electron chi connectivity index (χ2n) is 9.02. The highest BCUT2D eigenvalue weighted by molar-refractivity contribution is 5.77. The molecule has 3 aliphatic rings. The number of ether oxygens (including phenoxy) is 1. The first kappa shape index (κ1) is 20.4. The maximum Gasteiger partial charge on any atom is 0.248 e. The summed E-state index contributed by atoms with van der Waals surface area (Å²) in [6.07, 6.45) is 4.85. The molecule has 2 fully saturated rings. The number of likely N-dealkylation sites (tertiary alicyclic amines) is 1. The third-order valence-electron chi connectivity index (χ3n) is 7.19. The van der Waals surface area contributed by atoms with Crippen molar-refractivity contribution in [2.24, 2.45) is 5.92 Å². The number of nitrogens with one attached hydrogen (secondary N) is 1. The monoisotopic (exact) mass is 422 g/mol. The number of hydrogen-bond acceptors (Lipinski definition) is 6. The molecule has 1 aliphatic carbocycles. The molecule has 2 saturated heterocycles.